The highest BCUT2D eigenvalue weighted by atomic mass is 16.5. The first-order chi connectivity index (χ1) is 13.6. The number of aliphatic hydroxyl groups excluding tert-OH is 1. The molecule has 0 heterocycles. The molecule has 2 atom stereocenters. The Morgan fingerprint density at radius 2 is 1.62 bits per heavy atom. The Labute approximate surface area is 177 Å². The molecule has 0 fully saturated rings. The van der Waals surface area contributed by atoms with Crippen molar-refractivity contribution in [1.82, 2.24) is 16.0 Å². The van der Waals surface area contributed by atoms with E-state index in [-0.39, 0.29) is 48.6 Å². The number of unbranched alkanes of at least 4 members (excludes halogenated alkanes) is 1. The summed E-state index contributed by atoms with van der Waals surface area (Å²) < 4.78 is 5.56. The van der Waals surface area contributed by atoms with Crippen LogP contribution >= 0.6 is 0 Å². The molecule has 0 radical (unpaired) electrons. The predicted molar refractivity (Wildman–Crippen MR) is 118 cm³/mol. The van der Waals surface area contributed by atoms with Crippen LogP contribution in [0.4, 0.5) is 0 Å². The Balaban J connectivity index is 4.13. The normalized spacial score (nSPS) is 13.7. The van der Waals surface area contributed by atoms with E-state index in [0.717, 1.165) is 19.3 Å². The summed E-state index contributed by atoms with van der Waals surface area (Å²) in [5, 5.41) is 18.7. The zero-order valence-corrected chi connectivity index (χ0v) is 19.4. The van der Waals surface area contributed by atoms with Gasteiger partial charge in [0.05, 0.1) is 12.7 Å². The fourth-order valence-electron chi connectivity index (χ4n) is 3.05. The van der Waals surface area contributed by atoms with Crippen molar-refractivity contribution in [2.45, 2.75) is 104 Å². The van der Waals surface area contributed by atoms with Crippen LogP contribution in [-0.2, 0) is 14.3 Å². The van der Waals surface area contributed by atoms with E-state index < -0.39 is 0 Å². The summed E-state index contributed by atoms with van der Waals surface area (Å²) in [6.07, 6.45) is 4.30. The topological polar surface area (TPSA) is 99.7 Å². The fraction of sp³-hybridized carbons (Fsp3) is 0.909. The lowest BCUT2D eigenvalue weighted by atomic mass is 10.0. The molecule has 7 heteroatoms. The van der Waals surface area contributed by atoms with Crippen LogP contribution in [0.2, 0.25) is 0 Å². The molecule has 0 bridgehead atoms. The summed E-state index contributed by atoms with van der Waals surface area (Å²) in [4.78, 5) is 24.1. The van der Waals surface area contributed by atoms with Crippen LogP contribution in [0.3, 0.4) is 0 Å². The van der Waals surface area contributed by atoms with Crippen LogP contribution in [0.5, 0.6) is 0 Å². The highest BCUT2D eigenvalue weighted by Gasteiger charge is 2.16. The predicted octanol–water partition coefficient (Wildman–Crippen LogP) is 2.37. The summed E-state index contributed by atoms with van der Waals surface area (Å²) >= 11 is 0. The molecule has 0 aliphatic carbocycles. The molecule has 0 rings (SSSR count). The minimum atomic E-state index is -0.0140. The van der Waals surface area contributed by atoms with Crippen LogP contribution in [0.25, 0.3) is 0 Å². The molecular weight excluding hydrogens is 370 g/mol. The molecule has 7 nitrogen and oxygen atoms in total. The van der Waals surface area contributed by atoms with Crippen LogP contribution in [0, 0.1) is 5.92 Å². The molecular formula is C22H45N3O4. The number of amides is 2. The van der Waals surface area contributed by atoms with Crippen molar-refractivity contribution >= 4 is 11.8 Å². The smallest absolute Gasteiger partial charge is 0.221 e. The van der Waals surface area contributed by atoms with E-state index in [0.29, 0.717) is 32.4 Å². The number of hydrogen-bond acceptors (Lipinski definition) is 5. The number of hydrogen-bond donors (Lipinski definition) is 4. The van der Waals surface area contributed by atoms with Crippen molar-refractivity contribution in [2.75, 3.05) is 19.8 Å². The number of aliphatic hydroxyl groups is 1. The molecule has 0 aromatic heterocycles. The van der Waals surface area contributed by atoms with Gasteiger partial charge in [-0.1, -0.05) is 20.3 Å². The van der Waals surface area contributed by atoms with Crippen molar-refractivity contribution in [3.05, 3.63) is 0 Å². The zero-order chi connectivity index (χ0) is 22.2. The Morgan fingerprint density at radius 1 is 0.931 bits per heavy atom. The third-order valence-electron chi connectivity index (χ3n) is 4.46. The van der Waals surface area contributed by atoms with Gasteiger partial charge in [0, 0.05) is 50.0 Å². The molecule has 172 valence electrons. The summed E-state index contributed by atoms with van der Waals surface area (Å²) in [6, 6.07) is 0.369. The van der Waals surface area contributed by atoms with E-state index in [4.69, 9.17) is 4.74 Å². The van der Waals surface area contributed by atoms with E-state index in [1.54, 1.807) is 0 Å². The fourth-order valence-corrected chi connectivity index (χ4v) is 3.05. The van der Waals surface area contributed by atoms with Gasteiger partial charge in [-0.15, -0.1) is 0 Å². The maximum atomic E-state index is 12.3. The Bertz CT molecular complexity index is 442. The molecule has 2 unspecified atom stereocenters. The molecule has 2 amide bonds. The first-order valence-corrected chi connectivity index (χ1v) is 11.2. The van der Waals surface area contributed by atoms with Crippen molar-refractivity contribution < 1.29 is 19.4 Å². The SMILES string of the molecule is CC(C)NC(=O)CCC(CC(=O)NCCCCC(CO)COC(C)C)NC(C)C. The third kappa shape index (κ3) is 17.4. The number of rotatable bonds is 17. The minimum Gasteiger partial charge on any atom is -0.396 e. The van der Waals surface area contributed by atoms with Crippen LogP contribution in [-0.4, -0.2) is 60.9 Å². The summed E-state index contributed by atoms with van der Waals surface area (Å²) in [5.41, 5.74) is 0. The number of nitrogens with one attached hydrogen (secondary N) is 3. The van der Waals surface area contributed by atoms with E-state index in [1.807, 2.05) is 41.5 Å². The number of carbonyl (C=O) groups is 2. The molecule has 0 aromatic rings. The van der Waals surface area contributed by atoms with Gasteiger partial charge in [0.15, 0.2) is 0 Å². The van der Waals surface area contributed by atoms with Gasteiger partial charge in [-0.2, -0.15) is 0 Å². The van der Waals surface area contributed by atoms with E-state index in [2.05, 4.69) is 16.0 Å². The molecule has 0 aromatic carbocycles. The lowest BCUT2D eigenvalue weighted by Crippen LogP contribution is -2.40. The van der Waals surface area contributed by atoms with Crippen molar-refractivity contribution in [3.8, 4) is 0 Å². The monoisotopic (exact) mass is 415 g/mol. The Kier molecular flexibility index (Phi) is 15.9. The van der Waals surface area contributed by atoms with Gasteiger partial charge in [-0.05, 0) is 47.0 Å². The Morgan fingerprint density at radius 3 is 2.17 bits per heavy atom. The maximum absolute atomic E-state index is 12.3. The van der Waals surface area contributed by atoms with Gasteiger partial charge in [-0.25, -0.2) is 0 Å². The van der Waals surface area contributed by atoms with Crippen molar-refractivity contribution in [1.29, 1.82) is 0 Å². The van der Waals surface area contributed by atoms with E-state index in [9.17, 15) is 14.7 Å². The standard InChI is InChI=1S/C22H45N3O4/c1-16(2)24-20(10-11-21(27)25-17(3)4)13-22(28)23-12-8-7-9-19(14-26)15-29-18(5)6/h16-20,24,26H,7-15H2,1-6H3,(H,23,28)(H,25,27). The summed E-state index contributed by atoms with van der Waals surface area (Å²) in [5.74, 6) is 0.190. The maximum Gasteiger partial charge on any atom is 0.221 e. The molecule has 0 aliphatic rings. The highest BCUT2D eigenvalue weighted by Crippen LogP contribution is 2.10. The Hall–Kier alpha value is -1.18. The van der Waals surface area contributed by atoms with Gasteiger partial charge in [0.1, 0.15) is 0 Å². The van der Waals surface area contributed by atoms with Gasteiger partial charge in [-0.3, -0.25) is 9.59 Å². The molecule has 0 aliphatic heterocycles. The van der Waals surface area contributed by atoms with Gasteiger partial charge >= 0.3 is 0 Å². The van der Waals surface area contributed by atoms with Crippen molar-refractivity contribution in [3.63, 3.8) is 0 Å². The second-order valence-corrected chi connectivity index (χ2v) is 8.76. The number of ether oxygens (including phenoxy) is 1. The molecule has 0 saturated carbocycles. The minimum absolute atomic E-state index is 0.00858. The first kappa shape index (κ1) is 27.8. The number of carbonyl (C=O) groups excluding carboxylic acids is 2. The molecule has 0 spiro atoms. The average Bonchev–Trinajstić information content (AvgIpc) is 2.60. The quantitative estimate of drug-likeness (QED) is 0.273. The van der Waals surface area contributed by atoms with Gasteiger partial charge in [0.25, 0.3) is 0 Å². The van der Waals surface area contributed by atoms with Gasteiger partial charge < -0.3 is 25.8 Å². The van der Waals surface area contributed by atoms with E-state index >= 15 is 0 Å². The van der Waals surface area contributed by atoms with Crippen molar-refractivity contribution in [2.24, 2.45) is 5.92 Å². The molecule has 4 N–H and O–H groups in total. The highest BCUT2D eigenvalue weighted by molar-refractivity contribution is 5.77. The zero-order valence-electron chi connectivity index (χ0n) is 19.4. The first-order valence-electron chi connectivity index (χ1n) is 11.2. The molecule has 29 heavy (non-hydrogen) atoms. The second-order valence-electron chi connectivity index (χ2n) is 8.76. The molecule has 0 saturated heterocycles. The average molecular weight is 416 g/mol. The van der Waals surface area contributed by atoms with Crippen LogP contribution in [0.1, 0.15) is 80.1 Å². The van der Waals surface area contributed by atoms with Gasteiger partial charge in [0.2, 0.25) is 11.8 Å². The summed E-state index contributed by atoms with van der Waals surface area (Å²) in [6.45, 7) is 13.3. The van der Waals surface area contributed by atoms with Crippen LogP contribution < -0.4 is 16.0 Å². The summed E-state index contributed by atoms with van der Waals surface area (Å²) in [7, 11) is 0. The van der Waals surface area contributed by atoms with E-state index in [1.165, 1.54) is 0 Å². The largest absolute Gasteiger partial charge is 0.396 e. The lowest BCUT2D eigenvalue weighted by Gasteiger charge is -2.21. The lowest BCUT2D eigenvalue weighted by molar-refractivity contribution is -0.123. The third-order valence-corrected chi connectivity index (χ3v) is 4.46. The van der Waals surface area contributed by atoms with Crippen LogP contribution in [0.15, 0.2) is 0 Å². The second kappa shape index (κ2) is 16.6.